The molecule has 0 bridgehead atoms. The van der Waals surface area contributed by atoms with Gasteiger partial charge in [0.25, 0.3) is 0 Å². The maximum Gasteiger partial charge on any atom is 0.573 e. The van der Waals surface area contributed by atoms with Crippen molar-refractivity contribution in [2.24, 2.45) is 5.73 Å². The van der Waals surface area contributed by atoms with Crippen LogP contribution >= 0.6 is 0 Å². The molecule has 1 aromatic carbocycles. The number of carbonyl (C=O) groups excluding carboxylic acids is 1. The number of aromatic nitrogens is 2. The number of primary amides is 1. The Bertz CT molecular complexity index is 1080. The summed E-state index contributed by atoms with van der Waals surface area (Å²) in [5.74, 6) is -1.83. The highest BCUT2D eigenvalue weighted by Gasteiger charge is 2.36. The van der Waals surface area contributed by atoms with Gasteiger partial charge in [-0.3, -0.25) is 9.69 Å². The molecule has 2 aromatic rings. The van der Waals surface area contributed by atoms with E-state index >= 15 is 8.78 Å². The first kappa shape index (κ1) is 26.8. The van der Waals surface area contributed by atoms with Gasteiger partial charge < -0.3 is 25.4 Å². The fourth-order valence-electron chi connectivity index (χ4n) is 4.46. The second-order valence-electron chi connectivity index (χ2n) is 9.01. The van der Waals surface area contributed by atoms with Crippen molar-refractivity contribution < 1.29 is 36.2 Å². The molecule has 1 amide bonds. The van der Waals surface area contributed by atoms with Crippen LogP contribution in [-0.2, 0) is 9.53 Å². The summed E-state index contributed by atoms with van der Waals surface area (Å²) in [6.45, 7) is 1.28. The van der Waals surface area contributed by atoms with Gasteiger partial charge in [0.1, 0.15) is 17.7 Å². The number of likely N-dealkylation sites (tertiary alicyclic amines) is 1. The molecular weight excluding hydrogens is 503 g/mol. The van der Waals surface area contributed by atoms with Gasteiger partial charge in [-0.15, -0.1) is 13.2 Å². The number of nitrogens with zero attached hydrogens (tertiary/aromatic N) is 4. The van der Waals surface area contributed by atoms with Crippen LogP contribution in [0, 0.1) is 5.82 Å². The van der Waals surface area contributed by atoms with Gasteiger partial charge in [-0.05, 0) is 30.5 Å². The predicted octanol–water partition coefficient (Wildman–Crippen LogP) is 2.79. The number of amides is 1. The monoisotopic (exact) mass is 530 g/mol. The lowest BCUT2D eigenvalue weighted by molar-refractivity contribution is -0.274. The molecule has 202 valence electrons. The number of hydrogen-bond donors (Lipinski definition) is 2. The van der Waals surface area contributed by atoms with Crippen molar-refractivity contribution in [2.45, 2.75) is 30.9 Å². The quantitative estimate of drug-likeness (QED) is 0.502. The van der Waals surface area contributed by atoms with Crippen LogP contribution in [-0.4, -0.2) is 78.7 Å². The van der Waals surface area contributed by atoms with Gasteiger partial charge in [0.15, 0.2) is 11.6 Å². The number of nitrogens with one attached hydrogen (secondary N) is 1. The van der Waals surface area contributed by atoms with Gasteiger partial charge in [-0.1, -0.05) is 12.1 Å². The Labute approximate surface area is 209 Å². The van der Waals surface area contributed by atoms with Gasteiger partial charge in [0.2, 0.25) is 11.7 Å². The molecular formula is C23H27F5N6O3. The third kappa shape index (κ3) is 6.95. The van der Waals surface area contributed by atoms with Gasteiger partial charge in [-0.25, -0.2) is 14.4 Å². The molecule has 1 aromatic heterocycles. The summed E-state index contributed by atoms with van der Waals surface area (Å²) in [6.07, 6.45) is -3.36. The number of morpholine rings is 1. The Morgan fingerprint density at radius 3 is 2.54 bits per heavy atom. The summed E-state index contributed by atoms with van der Waals surface area (Å²) in [5, 5.41) is 2.75. The van der Waals surface area contributed by atoms with E-state index in [4.69, 9.17) is 10.5 Å². The normalized spacial score (nSPS) is 20.5. The average molecular weight is 530 g/mol. The molecule has 2 saturated heterocycles. The zero-order valence-corrected chi connectivity index (χ0v) is 19.8. The third-order valence-corrected chi connectivity index (χ3v) is 6.37. The van der Waals surface area contributed by atoms with Crippen LogP contribution in [0.3, 0.4) is 0 Å². The molecule has 37 heavy (non-hydrogen) atoms. The molecule has 2 aliphatic heterocycles. The molecule has 3 N–H and O–H groups in total. The Balaban J connectivity index is 1.45. The molecule has 2 aliphatic rings. The maximum atomic E-state index is 15.5. The van der Waals surface area contributed by atoms with E-state index in [1.807, 2.05) is 0 Å². The van der Waals surface area contributed by atoms with E-state index in [0.717, 1.165) is 6.33 Å². The minimum Gasteiger partial charge on any atom is -0.406 e. The van der Waals surface area contributed by atoms with Crippen molar-refractivity contribution in [1.82, 2.24) is 14.9 Å². The molecule has 4 rings (SSSR count). The summed E-state index contributed by atoms with van der Waals surface area (Å²) in [5.41, 5.74) is 4.15. The molecule has 0 spiro atoms. The van der Waals surface area contributed by atoms with Crippen LogP contribution in [0.4, 0.5) is 33.6 Å². The molecule has 0 radical (unpaired) electrons. The number of rotatable bonds is 8. The Hall–Kier alpha value is -3.26. The van der Waals surface area contributed by atoms with Crippen LogP contribution in [0.25, 0.3) is 0 Å². The second kappa shape index (κ2) is 11.0. The maximum absolute atomic E-state index is 15.5. The van der Waals surface area contributed by atoms with Crippen molar-refractivity contribution in [1.29, 1.82) is 0 Å². The molecule has 9 nitrogen and oxygen atoms in total. The van der Waals surface area contributed by atoms with Crippen molar-refractivity contribution in [2.75, 3.05) is 56.2 Å². The lowest BCUT2D eigenvalue weighted by atomic mass is 9.93. The summed E-state index contributed by atoms with van der Waals surface area (Å²) in [4.78, 5) is 22.5. The van der Waals surface area contributed by atoms with Crippen LogP contribution in [0.1, 0.15) is 24.4 Å². The second-order valence-corrected chi connectivity index (χ2v) is 9.01. The third-order valence-electron chi connectivity index (χ3n) is 6.37. The highest BCUT2D eigenvalue weighted by molar-refractivity contribution is 5.75. The van der Waals surface area contributed by atoms with E-state index in [2.05, 4.69) is 20.0 Å². The number of nitrogens with two attached hydrogens (primary N) is 1. The first-order valence-corrected chi connectivity index (χ1v) is 11.7. The largest absolute Gasteiger partial charge is 0.573 e. The highest BCUT2D eigenvalue weighted by atomic mass is 19.4. The Kier molecular flexibility index (Phi) is 7.97. The van der Waals surface area contributed by atoms with Crippen molar-refractivity contribution in [3.05, 3.63) is 42.0 Å². The predicted molar refractivity (Wildman–Crippen MR) is 123 cm³/mol. The van der Waals surface area contributed by atoms with Crippen LogP contribution in [0.5, 0.6) is 5.75 Å². The lowest BCUT2D eigenvalue weighted by Gasteiger charge is -2.37. The highest BCUT2D eigenvalue weighted by Crippen LogP contribution is 2.34. The number of alkyl halides is 4. The fourth-order valence-corrected chi connectivity index (χ4v) is 4.46. The Morgan fingerprint density at radius 1 is 1.19 bits per heavy atom. The van der Waals surface area contributed by atoms with Gasteiger partial charge >= 0.3 is 6.36 Å². The van der Waals surface area contributed by atoms with Gasteiger partial charge in [-0.2, -0.15) is 4.39 Å². The molecule has 0 saturated carbocycles. The van der Waals surface area contributed by atoms with E-state index in [1.54, 1.807) is 9.80 Å². The fraction of sp³-hybridized carbons (Fsp3) is 0.522. The summed E-state index contributed by atoms with van der Waals surface area (Å²) in [6, 6.07) is 4.71. The number of carbonyl (C=O) groups is 1. The minimum absolute atomic E-state index is 0.0365. The Morgan fingerprint density at radius 2 is 1.89 bits per heavy atom. The number of ether oxygens (including phenoxy) is 2. The minimum atomic E-state index is -4.81. The van der Waals surface area contributed by atoms with E-state index in [9.17, 15) is 18.0 Å². The van der Waals surface area contributed by atoms with E-state index < -0.39 is 29.8 Å². The molecule has 3 heterocycles. The molecule has 1 unspecified atom stereocenters. The van der Waals surface area contributed by atoms with E-state index in [0.29, 0.717) is 18.7 Å². The van der Waals surface area contributed by atoms with Gasteiger partial charge in [0, 0.05) is 19.6 Å². The van der Waals surface area contributed by atoms with Crippen molar-refractivity contribution in [3.8, 4) is 5.75 Å². The molecule has 1 atom stereocenters. The van der Waals surface area contributed by atoms with Crippen LogP contribution < -0.4 is 20.7 Å². The number of benzene rings is 1. The number of anilines is 2. The standard InChI is InChI=1S/C23H27F5N6O3/c24-19-20(30-13-22(25)5-7-33(8-6-22)11-18(29)35)31-14-32-21(19)34-9-10-36-12-17(34)15-1-3-16(4-2-15)37-23(26,27)28/h1-4,14,17H,5-13H2,(H2,29,35)(H,30,31,32). The smallest absolute Gasteiger partial charge is 0.406 e. The van der Waals surface area contributed by atoms with E-state index in [-0.39, 0.29) is 63.1 Å². The first-order chi connectivity index (χ1) is 17.5. The molecule has 2 fully saturated rings. The number of hydrogen-bond acceptors (Lipinski definition) is 8. The summed E-state index contributed by atoms with van der Waals surface area (Å²) >= 11 is 0. The van der Waals surface area contributed by atoms with Crippen LogP contribution in [0.2, 0.25) is 0 Å². The van der Waals surface area contributed by atoms with E-state index in [1.165, 1.54) is 24.3 Å². The molecule has 14 heteroatoms. The van der Waals surface area contributed by atoms with Crippen LogP contribution in [0.15, 0.2) is 30.6 Å². The van der Waals surface area contributed by atoms with Gasteiger partial charge in [0.05, 0.1) is 32.3 Å². The van der Waals surface area contributed by atoms with Crippen molar-refractivity contribution >= 4 is 17.5 Å². The average Bonchev–Trinajstić information content (AvgIpc) is 2.84. The number of piperidine rings is 1. The van der Waals surface area contributed by atoms with Crippen molar-refractivity contribution in [3.63, 3.8) is 0 Å². The SMILES string of the molecule is NC(=O)CN1CCC(F)(CNc2ncnc(N3CCOCC3c3ccc(OC(F)(F)F)cc3)c2F)CC1. The summed E-state index contributed by atoms with van der Waals surface area (Å²) in [7, 11) is 0. The molecule has 0 aliphatic carbocycles. The first-order valence-electron chi connectivity index (χ1n) is 11.7. The summed E-state index contributed by atoms with van der Waals surface area (Å²) < 4.78 is 77.6. The zero-order chi connectivity index (χ0) is 26.6. The zero-order valence-electron chi connectivity index (χ0n) is 19.8. The number of halogens is 5. The topological polar surface area (TPSA) is 106 Å². The lowest BCUT2D eigenvalue weighted by Crippen LogP contribution is -2.47.